The first-order valence-electron chi connectivity index (χ1n) is 34.2. The van der Waals surface area contributed by atoms with Gasteiger partial charge in [-0.25, -0.2) is 0 Å². The van der Waals surface area contributed by atoms with Crippen LogP contribution in [0.3, 0.4) is 0 Å². The summed E-state index contributed by atoms with van der Waals surface area (Å²) < 4.78 is 34.5. The normalized spacial score (nSPS) is 23.7. The molecular formula is C69H126O14. The molecule has 0 aromatic heterocycles. The average molecular weight is 1180 g/mol. The molecule has 0 spiro atoms. The van der Waals surface area contributed by atoms with Crippen molar-refractivity contribution in [3.05, 3.63) is 48.6 Å². The van der Waals surface area contributed by atoms with E-state index < -0.39 is 80.7 Å². The van der Waals surface area contributed by atoms with Crippen LogP contribution in [-0.4, -0.2) is 142 Å². The molecule has 486 valence electrons. The van der Waals surface area contributed by atoms with E-state index in [2.05, 4.69) is 62.5 Å². The standard InChI is InChI=1S/C69H126O14/c1-3-5-7-9-11-13-15-17-19-21-23-25-27-28-29-31-33-35-37-39-41-43-45-47-49-51-53-78-55-58(56-79-68-67(77)65(75)63(73)60(83-68)57-80-69-66(76)64(74)62(72)59(54-70)82-69)81-61(71)52-50-48-46-44-42-40-38-36-34-32-30-26-24-22-20-18-16-14-12-10-8-6-4-2/h6,8,12,14,18,20,24,26,58-60,62-70,72-77H,3-5,7,9-11,13,15-17,19,21-23,25,27-57H2,1-2H3/b8-6-,14-12-,20-18-,26-24-. The molecule has 0 aromatic rings. The Labute approximate surface area is 505 Å². The fraction of sp³-hybridized carbons (Fsp3) is 0.870. The van der Waals surface area contributed by atoms with Gasteiger partial charge in [0.25, 0.3) is 0 Å². The zero-order valence-electron chi connectivity index (χ0n) is 52.7. The Morgan fingerprint density at radius 3 is 1.23 bits per heavy atom. The maximum absolute atomic E-state index is 13.1. The molecule has 0 amide bonds. The molecule has 2 saturated heterocycles. The maximum Gasteiger partial charge on any atom is 0.306 e. The first-order chi connectivity index (χ1) is 40.6. The fourth-order valence-corrected chi connectivity index (χ4v) is 10.9. The number of aliphatic hydroxyl groups excluding tert-OH is 7. The minimum absolute atomic E-state index is 0.0628. The number of carbonyl (C=O) groups excluding carboxylic acids is 1. The highest BCUT2D eigenvalue weighted by atomic mass is 16.7. The number of hydrogen-bond acceptors (Lipinski definition) is 14. The number of aliphatic hydroxyl groups is 7. The van der Waals surface area contributed by atoms with Gasteiger partial charge in [0.05, 0.1) is 26.4 Å². The second kappa shape index (κ2) is 55.3. The number of ether oxygens (including phenoxy) is 6. The Kier molecular flexibility index (Phi) is 51.3. The Morgan fingerprint density at radius 2 is 0.783 bits per heavy atom. The molecule has 2 aliphatic heterocycles. The molecule has 2 rings (SSSR count). The van der Waals surface area contributed by atoms with Crippen LogP contribution >= 0.6 is 0 Å². The van der Waals surface area contributed by atoms with Crippen molar-refractivity contribution < 1.29 is 69.0 Å². The van der Waals surface area contributed by atoms with Crippen molar-refractivity contribution in [2.75, 3.05) is 33.0 Å². The topological polar surface area (TPSA) is 214 Å². The number of allylic oxidation sites excluding steroid dienone is 8. The molecule has 0 radical (unpaired) electrons. The Hall–Kier alpha value is -2.05. The smallest absolute Gasteiger partial charge is 0.306 e. The summed E-state index contributed by atoms with van der Waals surface area (Å²) in [5.41, 5.74) is 0. The van der Waals surface area contributed by atoms with E-state index in [1.807, 2.05) is 0 Å². The number of unbranched alkanes of at least 4 members (excludes halogenated alkanes) is 35. The molecule has 0 aromatic carbocycles. The summed E-state index contributed by atoms with van der Waals surface area (Å²) in [6.45, 7) is 3.63. The summed E-state index contributed by atoms with van der Waals surface area (Å²) in [6.07, 6.45) is 53.3. The Bertz CT molecular complexity index is 1560. The largest absolute Gasteiger partial charge is 0.457 e. The van der Waals surface area contributed by atoms with Crippen LogP contribution in [-0.2, 0) is 33.2 Å². The average Bonchev–Trinajstić information content (AvgIpc) is 3.49. The van der Waals surface area contributed by atoms with Crippen molar-refractivity contribution in [1.82, 2.24) is 0 Å². The van der Waals surface area contributed by atoms with Gasteiger partial charge in [0, 0.05) is 13.0 Å². The van der Waals surface area contributed by atoms with Crippen LogP contribution in [0, 0.1) is 0 Å². The number of esters is 1. The molecule has 0 saturated carbocycles. The van der Waals surface area contributed by atoms with E-state index in [-0.39, 0.29) is 25.6 Å². The van der Waals surface area contributed by atoms with Gasteiger partial charge in [-0.2, -0.15) is 0 Å². The highest BCUT2D eigenvalue weighted by Gasteiger charge is 2.47. The summed E-state index contributed by atoms with van der Waals surface area (Å²) in [4.78, 5) is 13.1. The van der Waals surface area contributed by atoms with Crippen LogP contribution in [0.4, 0.5) is 0 Å². The molecule has 14 nitrogen and oxygen atoms in total. The van der Waals surface area contributed by atoms with E-state index in [9.17, 15) is 40.5 Å². The molecule has 2 aliphatic rings. The maximum atomic E-state index is 13.1. The van der Waals surface area contributed by atoms with Gasteiger partial charge in [-0.3, -0.25) is 4.79 Å². The second-order valence-electron chi connectivity index (χ2n) is 24.0. The quantitative estimate of drug-likeness (QED) is 0.0171. The van der Waals surface area contributed by atoms with Gasteiger partial charge in [-0.1, -0.05) is 274 Å². The van der Waals surface area contributed by atoms with E-state index in [1.165, 1.54) is 186 Å². The SMILES string of the molecule is CC/C=C\C/C=C\C/C=C\C/C=C\CCCCCCCCCCCCC(=O)OC(COCCCCCCCCCCCCCCCCCCCCCCCCCCCC)COC1OC(COC2OC(CO)C(O)C(O)C2O)C(O)C(O)C1O. The first kappa shape index (κ1) is 77.0. The second-order valence-corrected chi connectivity index (χ2v) is 24.0. The first-order valence-corrected chi connectivity index (χ1v) is 34.2. The molecule has 0 aliphatic carbocycles. The van der Waals surface area contributed by atoms with Gasteiger partial charge in [0.15, 0.2) is 12.6 Å². The molecule has 14 heteroatoms. The third-order valence-corrected chi connectivity index (χ3v) is 16.4. The summed E-state index contributed by atoms with van der Waals surface area (Å²) in [5.74, 6) is -0.376. The van der Waals surface area contributed by atoms with Crippen molar-refractivity contribution in [1.29, 1.82) is 0 Å². The van der Waals surface area contributed by atoms with Gasteiger partial charge in [0.1, 0.15) is 54.9 Å². The van der Waals surface area contributed by atoms with Gasteiger partial charge in [-0.15, -0.1) is 0 Å². The number of carbonyl (C=O) groups is 1. The van der Waals surface area contributed by atoms with E-state index in [4.69, 9.17) is 28.4 Å². The predicted octanol–water partition coefficient (Wildman–Crippen LogP) is 14.2. The minimum atomic E-state index is -1.71. The van der Waals surface area contributed by atoms with Crippen molar-refractivity contribution in [2.24, 2.45) is 0 Å². The minimum Gasteiger partial charge on any atom is -0.457 e. The van der Waals surface area contributed by atoms with Crippen molar-refractivity contribution in [2.45, 2.75) is 351 Å². The van der Waals surface area contributed by atoms with Crippen molar-refractivity contribution in [3.8, 4) is 0 Å². The summed E-state index contributed by atoms with van der Waals surface area (Å²) in [5, 5.41) is 72.6. The molecule has 2 heterocycles. The molecule has 0 bridgehead atoms. The summed E-state index contributed by atoms with van der Waals surface area (Å²) in [7, 11) is 0. The lowest BCUT2D eigenvalue weighted by atomic mass is 9.98. The Balaban J connectivity index is 1.64. The van der Waals surface area contributed by atoms with Gasteiger partial charge >= 0.3 is 5.97 Å². The van der Waals surface area contributed by atoms with Gasteiger partial charge < -0.3 is 64.2 Å². The molecule has 83 heavy (non-hydrogen) atoms. The molecule has 11 unspecified atom stereocenters. The summed E-state index contributed by atoms with van der Waals surface area (Å²) in [6, 6.07) is 0. The van der Waals surface area contributed by atoms with Crippen LogP contribution in [0.5, 0.6) is 0 Å². The van der Waals surface area contributed by atoms with Crippen LogP contribution in [0.25, 0.3) is 0 Å². The molecule has 7 N–H and O–H groups in total. The Morgan fingerprint density at radius 1 is 0.410 bits per heavy atom. The van der Waals surface area contributed by atoms with E-state index in [0.29, 0.717) is 13.0 Å². The number of rotatable bonds is 57. The lowest BCUT2D eigenvalue weighted by Gasteiger charge is -2.42. The van der Waals surface area contributed by atoms with Gasteiger partial charge in [0.2, 0.25) is 0 Å². The van der Waals surface area contributed by atoms with Crippen LogP contribution in [0.1, 0.15) is 284 Å². The van der Waals surface area contributed by atoms with Crippen molar-refractivity contribution >= 4 is 5.97 Å². The summed E-state index contributed by atoms with van der Waals surface area (Å²) >= 11 is 0. The molecule has 2 fully saturated rings. The van der Waals surface area contributed by atoms with E-state index >= 15 is 0 Å². The van der Waals surface area contributed by atoms with Crippen molar-refractivity contribution in [3.63, 3.8) is 0 Å². The fourth-order valence-electron chi connectivity index (χ4n) is 10.9. The molecule has 11 atom stereocenters. The van der Waals surface area contributed by atoms with Crippen LogP contribution in [0.15, 0.2) is 48.6 Å². The third kappa shape index (κ3) is 40.9. The van der Waals surface area contributed by atoms with E-state index in [1.54, 1.807) is 0 Å². The zero-order valence-corrected chi connectivity index (χ0v) is 52.7. The third-order valence-electron chi connectivity index (χ3n) is 16.4. The monoisotopic (exact) mass is 1180 g/mol. The number of hydrogen-bond donors (Lipinski definition) is 7. The highest BCUT2D eigenvalue weighted by molar-refractivity contribution is 5.69. The molecular weight excluding hydrogens is 1050 g/mol. The van der Waals surface area contributed by atoms with E-state index in [0.717, 1.165) is 70.6 Å². The van der Waals surface area contributed by atoms with Crippen LogP contribution < -0.4 is 0 Å². The van der Waals surface area contributed by atoms with Crippen LogP contribution in [0.2, 0.25) is 0 Å². The zero-order chi connectivity index (χ0) is 60.1. The lowest BCUT2D eigenvalue weighted by molar-refractivity contribution is -0.332. The lowest BCUT2D eigenvalue weighted by Crippen LogP contribution is -2.61. The predicted molar refractivity (Wildman–Crippen MR) is 335 cm³/mol. The van der Waals surface area contributed by atoms with Gasteiger partial charge in [-0.05, 0) is 51.4 Å². The highest BCUT2D eigenvalue weighted by Crippen LogP contribution is 2.27.